The first-order valence-electron chi connectivity index (χ1n) is 9.54. The standard InChI is InChI=1S/C19H26FN5O2/c1-4-9-23-17(26)15-16(22(3)19(23)27)21-18-24(10-12(2)11-25(15)18)14-7-5-13(20)6-8-14/h5-8,12,15-16,18,21H,4,9-11H2,1-3H3. The van der Waals surface area contributed by atoms with Crippen molar-refractivity contribution in [2.75, 3.05) is 31.6 Å². The SMILES string of the molecule is CCCN1C(=O)C2C(NC3N(c4ccc(F)cc4)CC(C)CN23)N(C)C1=O. The fourth-order valence-corrected chi connectivity index (χ4v) is 4.48. The molecule has 1 aromatic carbocycles. The first kappa shape index (κ1) is 18.2. The van der Waals surface area contributed by atoms with E-state index in [2.05, 4.69) is 22.0 Å². The lowest BCUT2D eigenvalue weighted by molar-refractivity contribution is -0.138. The molecule has 3 fully saturated rings. The van der Waals surface area contributed by atoms with Crippen LogP contribution < -0.4 is 10.2 Å². The highest BCUT2D eigenvalue weighted by Crippen LogP contribution is 2.34. The summed E-state index contributed by atoms with van der Waals surface area (Å²) in [6, 6.07) is 5.76. The van der Waals surface area contributed by atoms with Crippen LogP contribution in [0.25, 0.3) is 0 Å². The lowest BCUT2D eigenvalue weighted by atomic mass is 10.0. The second kappa shape index (κ2) is 6.76. The van der Waals surface area contributed by atoms with E-state index >= 15 is 0 Å². The van der Waals surface area contributed by atoms with E-state index in [4.69, 9.17) is 0 Å². The average molecular weight is 375 g/mol. The molecule has 7 nitrogen and oxygen atoms in total. The molecule has 27 heavy (non-hydrogen) atoms. The lowest BCUT2D eigenvalue weighted by Crippen LogP contribution is -2.66. The minimum Gasteiger partial charge on any atom is -0.343 e. The molecule has 1 N–H and O–H groups in total. The van der Waals surface area contributed by atoms with E-state index in [9.17, 15) is 14.0 Å². The Kier molecular flexibility index (Phi) is 4.55. The van der Waals surface area contributed by atoms with Gasteiger partial charge in [0.15, 0.2) is 0 Å². The third-order valence-electron chi connectivity index (χ3n) is 5.69. The number of nitrogens with one attached hydrogen (secondary N) is 1. The first-order valence-corrected chi connectivity index (χ1v) is 9.54. The Morgan fingerprint density at radius 3 is 2.56 bits per heavy atom. The summed E-state index contributed by atoms with van der Waals surface area (Å²) in [5, 5.41) is 3.47. The van der Waals surface area contributed by atoms with Crippen LogP contribution in [-0.2, 0) is 4.79 Å². The maximum atomic E-state index is 13.4. The predicted molar refractivity (Wildman–Crippen MR) is 99.3 cm³/mol. The van der Waals surface area contributed by atoms with Crippen molar-refractivity contribution in [1.82, 2.24) is 20.0 Å². The number of imide groups is 1. The molecule has 146 valence electrons. The van der Waals surface area contributed by atoms with Gasteiger partial charge in [0.05, 0.1) is 0 Å². The molecule has 0 spiro atoms. The van der Waals surface area contributed by atoms with Crippen LogP contribution in [0.1, 0.15) is 20.3 Å². The summed E-state index contributed by atoms with van der Waals surface area (Å²) in [7, 11) is 1.74. The minimum atomic E-state index is -0.407. The Bertz CT molecular complexity index is 742. The third kappa shape index (κ3) is 2.87. The van der Waals surface area contributed by atoms with Crippen molar-refractivity contribution < 1.29 is 14.0 Å². The molecule has 0 radical (unpaired) electrons. The number of amides is 3. The lowest BCUT2D eigenvalue weighted by Gasteiger charge is -2.46. The molecule has 8 heteroatoms. The molecule has 0 saturated carbocycles. The monoisotopic (exact) mass is 375 g/mol. The molecule has 4 rings (SSSR count). The largest absolute Gasteiger partial charge is 0.343 e. The van der Waals surface area contributed by atoms with Crippen LogP contribution >= 0.6 is 0 Å². The molecule has 3 aliphatic rings. The summed E-state index contributed by atoms with van der Waals surface area (Å²) in [6.07, 6.45) is 0.163. The molecule has 0 aliphatic carbocycles. The second-order valence-corrected chi connectivity index (χ2v) is 7.74. The third-order valence-corrected chi connectivity index (χ3v) is 5.69. The molecule has 4 unspecified atom stereocenters. The first-order chi connectivity index (χ1) is 12.9. The van der Waals surface area contributed by atoms with Gasteiger partial charge in [-0.3, -0.25) is 19.9 Å². The van der Waals surface area contributed by atoms with Crippen LogP contribution in [0.3, 0.4) is 0 Å². The highest BCUT2D eigenvalue weighted by molar-refractivity contribution is 6.00. The van der Waals surface area contributed by atoms with Gasteiger partial charge >= 0.3 is 6.03 Å². The predicted octanol–water partition coefficient (Wildman–Crippen LogP) is 1.47. The fourth-order valence-electron chi connectivity index (χ4n) is 4.48. The zero-order valence-electron chi connectivity index (χ0n) is 15.9. The van der Waals surface area contributed by atoms with E-state index in [-0.39, 0.29) is 30.2 Å². The zero-order valence-corrected chi connectivity index (χ0v) is 15.9. The Balaban J connectivity index is 1.68. The Labute approximate surface area is 158 Å². The van der Waals surface area contributed by atoms with Gasteiger partial charge in [0.1, 0.15) is 24.3 Å². The summed E-state index contributed by atoms with van der Waals surface area (Å²) in [5.41, 5.74) is 0.899. The highest BCUT2D eigenvalue weighted by atomic mass is 19.1. The van der Waals surface area contributed by atoms with Crippen LogP contribution in [0.5, 0.6) is 0 Å². The van der Waals surface area contributed by atoms with E-state index in [0.29, 0.717) is 12.5 Å². The van der Waals surface area contributed by atoms with Gasteiger partial charge in [-0.2, -0.15) is 0 Å². The fraction of sp³-hybridized carbons (Fsp3) is 0.579. The van der Waals surface area contributed by atoms with E-state index in [1.54, 1.807) is 24.1 Å². The number of fused-ring (bicyclic) bond motifs is 3. The quantitative estimate of drug-likeness (QED) is 0.867. The number of hydrogen-bond acceptors (Lipinski definition) is 5. The maximum Gasteiger partial charge on any atom is 0.327 e. The number of benzene rings is 1. The summed E-state index contributed by atoms with van der Waals surface area (Å²) >= 11 is 0. The molecule has 3 aliphatic heterocycles. The van der Waals surface area contributed by atoms with E-state index < -0.39 is 6.04 Å². The highest BCUT2D eigenvalue weighted by Gasteiger charge is 2.56. The summed E-state index contributed by atoms with van der Waals surface area (Å²) < 4.78 is 13.4. The average Bonchev–Trinajstić information content (AvgIpc) is 3.03. The van der Waals surface area contributed by atoms with Crippen molar-refractivity contribution in [3.63, 3.8) is 0 Å². The molecule has 0 aromatic heterocycles. The van der Waals surface area contributed by atoms with Crippen molar-refractivity contribution in [3.05, 3.63) is 30.1 Å². The van der Waals surface area contributed by atoms with E-state index in [0.717, 1.165) is 25.2 Å². The molecule has 4 atom stereocenters. The summed E-state index contributed by atoms with van der Waals surface area (Å²) in [6.45, 7) is 6.10. The zero-order chi connectivity index (χ0) is 19.3. The Morgan fingerprint density at radius 1 is 1.19 bits per heavy atom. The normalized spacial score (nSPS) is 31.3. The van der Waals surface area contributed by atoms with Gasteiger partial charge < -0.3 is 9.80 Å². The number of halogens is 1. The van der Waals surface area contributed by atoms with Crippen LogP contribution in [0, 0.1) is 11.7 Å². The topological polar surface area (TPSA) is 59.1 Å². The van der Waals surface area contributed by atoms with Crippen LogP contribution in [-0.4, -0.2) is 71.8 Å². The molecule has 1 aromatic rings. The van der Waals surface area contributed by atoms with Crippen LogP contribution in [0.4, 0.5) is 14.9 Å². The smallest absolute Gasteiger partial charge is 0.327 e. The number of urea groups is 1. The number of rotatable bonds is 3. The van der Waals surface area contributed by atoms with Crippen LogP contribution in [0.2, 0.25) is 0 Å². The number of carbonyl (C=O) groups excluding carboxylic acids is 2. The van der Waals surface area contributed by atoms with Gasteiger partial charge in [-0.25, -0.2) is 9.18 Å². The van der Waals surface area contributed by atoms with Crippen molar-refractivity contribution in [2.24, 2.45) is 5.92 Å². The number of carbonyl (C=O) groups is 2. The molecule has 3 amide bonds. The summed E-state index contributed by atoms with van der Waals surface area (Å²) in [5.74, 6) is -0.0697. The van der Waals surface area contributed by atoms with Crippen LogP contribution in [0.15, 0.2) is 24.3 Å². The molecular weight excluding hydrogens is 349 g/mol. The molecule has 3 saturated heterocycles. The van der Waals surface area contributed by atoms with Gasteiger partial charge in [-0.1, -0.05) is 13.8 Å². The van der Waals surface area contributed by atoms with Crippen molar-refractivity contribution in [1.29, 1.82) is 0 Å². The van der Waals surface area contributed by atoms with Gasteiger partial charge in [0.2, 0.25) is 0 Å². The number of hydrogen-bond donors (Lipinski definition) is 1. The van der Waals surface area contributed by atoms with E-state index in [1.165, 1.54) is 17.0 Å². The van der Waals surface area contributed by atoms with Crippen molar-refractivity contribution >= 4 is 17.6 Å². The summed E-state index contributed by atoms with van der Waals surface area (Å²) in [4.78, 5) is 33.1. The van der Waals surface area contributed by atoms with Gasteiger partial charge in [0, 0.05) is 32.4 Å². The van der Waals surface area contributed by atoms with Crippen molar-refractivity contribution in [2.45, 2.75) is 38.8 Å². The second-order valence-electron chi connectivity index (χ2n) is 7.74. The Morgan fingerprint density at radius 2 is 1.89 bits per heavy atom. The molecule has 3 heterocycles. The van der Waals surface area contributed by atoms with Gasteiger partial charge in [-0.15, -0.1) is 0 Å². The maximum absolute atomic E-state index is 13.4. The van der Waals surface area contributed by atoms with Gasteiger partial charge in [0.25, 0.3) is 5.91 Å². The van der Waals surface area contributed by atoms with E-state index in [1.807, 2.05) is 6.92 Å². The van der Waals surface area contributed by atoms with Gasteiger partial charge in [-0.05, 0) is 36.6 Å². The number of nitrogens with zero attached hydrogens (tertiary/aromatic N) is 4. The molecule has 0 bridgehead atoms. The van der Waals surface area contributed by atoms with Crippen molar-refractivity contribution in [3.8, 4) is 0 Å². The Hall–Kier alpha value is -2.19. The molecular formula is C19H26FN5O2. The minimum absolute atomic E-state index is 0.131. The number of anilines is 1. The number of likely N-dealkylation sites (N-methyl/N-ethyl adjacent to an activating group) is 1.